The second-order valence-corrected chi connectivity index (χ2v) is 5.53. The van der Waals surface area contributed by atoms with Crippen molar-refractivity contribution in [3.8, 4) is 5.75 Å². The Kier molecular flexibility index (Phi) is 3.79. The number of hydrogen-bond acceptors (Lipinski definition) is 3. The Labute approximate surface area is 129 Å². The Morgan fingerprint density at radius 2 is 2.10 bits per heavy atom. The molecule has 0 aliphatic rings. The minimum Gasteiger partial charge on any atom is -0.493 e. The molecule has 5 nitrogen and oxygen atoms in total. The van der Waals surface area contributed by atoms with Crippen molar-refractivity contribution >= 4 is 21.6 Å². The Morgan fingerprint density at radius 3 is 2.86 bits per heavy atom. The molecule has 2 aromatic heterocycles. The summed E-state index contributed by atoms with van der Waals surface area (Å²) in [6, 6.07) is 9.55. The van der Waals surface area contributed by atoms with Crippen LogP contribution in [0.1, 0.15) is 11.3 Å². The van der Waals surface area contributed by atoms with Crippen molar-refractivity contribution in [2.24, 2.45) is 0 Å². The lowest BCUT2D eigenvalue weighted by atomic mass is 10.2. The first-order chi connectivity index (χ1) is 10.2. The van der Waals surface area contributed by atoms with Crippen LogP contribution in [0, 0.1) is 6.92 Å². The molecule has 1 N–H and O–H groups in total. The summed E-state index contributed by atoms with van der Waals surface area (Å²) in [4.78, 5) is 16.9. The third-order valence-electron chi connectivity index (χ3n) is 3.28. The van der Waals surface area contributed by atoms with E-state index in [0.717, 1.165) is 15.9 Å². The number of nitrogens with one attached hydrogen (secondary N) is 1. The molecule has 0 aliphatic carbocycles. The van der Waals surface area contributed by atoms with Crippen molar-refractivity contribution in [1.29, 1.82) is 0 Å². The number of nitrogens with zero attached hydrogens (tertiary/aromatic N) is 2. The molecule has 108 valence electrons. The van der Waals surface area contributed by atoms with Crippen LogP contribution < -0.4 is 10.3 Å². The Hall–Kier alpha value is -2.08. The van der Waals surface area contributed by atoms with Crippen LogP contribution in [0.4, 0.5) is 0 Å². The average Bonchev–Trinajstić information content (AvgIpc) is 2.85. The smallest absolute Gasteiger partial charge is 0.276 e. The van der Waals surface area contributed by atoms with Gasteiger partial charge in [-0.25, -0.2) is 9.50 Å². The number of halogens is 1. The highest BCUT2D eigenvalue weighted by Gasteiger charge is 2.12. The molecule has 0 atom stereocenters. The van der Waals surface area contributed by atoms with Gasteiger partial charge in [0, 0.05) is 23.9 Å². The van der Waals surface area contributed by atoms with E-state index < -0.39 is 0 Å². The number of aromatic nitrogens is 3. The van der Waals surface area contributed by atoms with Crippen LogP contribution in [0.2, 0.25) is 0 Å². The topological polar surface area (TPSA) is 59.4 Å². The highest BCUT2D eigenvalue weighted by molar-refractivity contribution is 9.10. The molecule has 21 heavy (non-hydrogen) atoms. The quantitative estimate of drug-likeness (QED) is 0.789. The second kappa shape index (κ2) is 5.73. The van der Waals surface area contributed by atoms with E-state index in [0.29, 0.717) is 24.2 Å². The molecule has 3 aromatic rings. The van der Waals surface area contributed by atoms with Crippen LogP contribution in [-0.2, 0) is 6.42 Å². The molecule has 2 heterocycles. The molecule has 3 rings (SSSR count). The Balaban J connectivity index is 1.82. The van der Waals surface area contributed by atoms with Crippen LogP contribution in [0.25, 0.3) is 5.65 Å². The predicted octanol–water partition coefficient (Wildman–Crippen LogP) is 2.72. The van der Waals surface area contributed by atoms with Gasteiger partial charge < -0.3 is 4.74 Å². The average molecular weight is 348 g/mol. The van der Waals surface area contributed by atoms with Gasteiger partial charge in [-0.05, 0) is 35.0 Å². The number of aromatic amines is 1. The lowest BCUT2D eigenvalue weighted by molar-refractivity contribution is 0.321. The molecule has 0 saturated heterocycles. The van der Waals surface area contributed by atoms with Gasteiger partial charge in [-0.3, -0.25) is 9.89 Å². The SMILES string of the molecule is Cc1nc2c(Br)c[nH]n2c(=O)c1CCOc1ccccc1. The van der Waals surface area contributed by atoms with Crippen LogP contribution in [0.5, 0.6) is 5.75 Å². The van der Waals surface area contributed by atoms with E-state index in [-0.39, 0.29) is 5.56 Å². The summed E-state index contributed by atoms with van der Waals surface area (Å²) in [6.45, 7) is 2.29. The summed E-state index contributed by atoms with van der Waals surface area (Å²) in [5.74, 6) is 0.798. The zero-order valence-electron chi connectivity index (χ0n) is 11.5. The summed E-state index contributed by atoms with van der Waals surface area (Å²) in [7, 11) is 0. The van der Waals surface area contributed by atoms with Crippen molar-refractivity contribution in [3.05, 3.63) is 62.6 Å². The van der Waals surface area contributed by atoms with Crippen molar-refractivity contribution in [3.63, 3.8) is 0 Å². The normalized spacial score (nSPS) is 11.0. The second-order valence-electron chi connectivity index (χ2n) is 4.67. The molecule has 6 heteroatoms. The van der Waals surface area contributed by atoms with Gasteiger partial charge in [-0.15, -0.1) is 0 Å². The number of rotatable bonds is 4. The number of fused-ring (bicyclic) bond motifs is 1. The van der Waals surface area contributed by atoms with Gasteiger partial charge in [0.1, 0.15) is 5.75 Å². The number of ether oxygens (including phenoxy) is 1. The molecule has 0 radical (unpaired) electrons. The van der Waals surface area contributed by atoms with E-state index in [2.05, 4.69) is 26.0 Å². The van der Waals surface area contributed by atoms with Gasteiger partial charge >= 0.3 is 0 Å². The maximum atomic E-state index is 12.4. The van der Waals surface area contributed by atoms with E-state index in [9.17, 15) is 4.79 Å². The first kappa shape index (κ1) is 13.9. The van der Waals surface area contributed by atoms with Crippen molar-refractivity contribution in [2.75, 3.05) is 6.61 Å². The van der Waals surface area contributed by atoms with Crippen molar-refractivity contribution < 1.29 is 4.74 Å². The zero-order chi connectivity index (χ0) is 14.8. The van der Waals surface area contributed by atoms with Gasteiger partial charge in [-0.1, -0.05) is 18.2 Å². The fraction of sp³-hybridized carbons (Fsp3) is 0.200. The standard InChI is InChI=1S/C15H14BrN3O2/c1-10-12(7-8-21-11-5-3-2-4-6-11)15(20)19-14(18-10)13(16)9-17-19/h2-6,9,17H,7-8H2,1H3. The van der Waals surface area contributed by atoms with Crippen LogP contribution in [0.3, 0.4) is 0 Å². The molecule has 0 aliphatic heterocycles. The fourth-order valence-electron chi connectivity index (χ4n) is 2.20. The summed E-state index contributed by atoms with van der Waals surface area (Å²) in [5, 5.41) is 2.89. The molecule has 1 aromatic carbocycles. The van der Waals surface area contributed by atoms with Gasteiger partial charge in [-0.2, -0.15) is 0 Å². The minimum atomic E-state index is -0.0835. The minimum absolute atomic E-state index is 0.0835. The highest BCUT2D eigenvalue weighted by Crippen LogP contribution is 2.15. The van der Waals surface area contributed by atoms with E-state index >= 15 is 0 Å². The number of aryl methyl sites for hydroxylation is 1. The first-order valence-electron chi connectivity index (χ1n) is 6.60. The molecule has 0 unspecified atom stereocenters. The summed E-state index contributed by atoms with van der Waals surface area (Å²) in [6.07, 6.45) is 2.22. The molecule has 0 amide bonds. The zero-order valence-corrected chi connectivity index (χ0v) is 13.1. The fourth-order valence-corrected chi connectivity index (χ4v) is 2.57. The number of H-pyrrole nitrogens is 1. The Bertz CT molecular complexity index is 824. The maximum absolute atomic E-state index is 12.4. The van der Waals surface area contributed by atoms with Crippen LogP contribution >= 0.6 is 15.9 Å². The van der Waals surface area contributed by atoms with Gasteiger partial charge in [0.05, 0.1) is 11.1 Å². The molecular weight excluding hydrogens is 334 g/mol. The summed E-state index contributed by atoms with van der Waals surface area (Å²) >= 11 is 3.36. The monoisotopic (exact) mass is 347 g/mol. The number of hydrogen-bond donors (Lipinski definition) is 1. The van der Waals surface area contributed by atoms with E-state index in [1.807, 2.05) is 37.3 Å². The van der Waals surface area contributed by atoms with E-state index in [4.69, 9.17) is 4.74 Å². The van der Waals surface area contributed by atoms with Gasteiger partial charge in [0.25, 0.3) is 5.56 Å². The Morgan fingerprint density at radius 1 is 1.33 bits per heavy atom. The lowest BCUT2D eigenvalue weighted by Crippen LogP contribution is -2.23. The van der Waals surface area contributed by atoms with Crippen molar-refractivity contribution in [2.45, 2.75) is 13.3 Å². The van der Waals surface area contributed by atoms with Gasteiger partial charge in [0.2, 0.25) is 0 Å². The highest BCUT2D eigenvalue weighted by atomic mass is 79.9. The van der Waals surface area contributed by atoms with Crippen LogP contribution in [-0.4, -0.2) is 21.2 Å². The molecule has 0 fully saturated rings. The third-order valence-corrected chi connectivity index (χ3v) is 3.86. The van der Waals surface area contributed by atoms with Crippen LogP contribution in [0.15, 0.2) is 45.8 Å². The number of benzene rings is 1. The predicted molar refractivity (Wildman–Crippen MR) is 83.9 cm³/mol. The third kappa shape index (κ3) is 2.71. The van der Waals surface area contributed by atoms with E-state index in [1.54, 1.807) is 6.20 Å². The molecular formula is C15H14BrN3O2. The molecule has 0 bridgehead atoms. The largest absolute Gasteiger partial charge is 0.493 e. The lowest BCUT2D eigenvalue weighted by Gasteiger charge is -2.08. The first-order valence-corrected chi connectivity index (χ1v) is 7.39. The summed E-state index contributed by atoms with van der Waals surface area (Å²) in [5.41, 5.74) is 1.92. The van der Waals surface area contributed by atoms with Crippen molar-refractivity contribution in [1.82, 2.24) is 14.6 Å². The van der Waals surface area contributed by atoms with Gasteiger partial charge in [0.15, 0.2) is 5.65 Å². The van der Waals surface area contributed by atoms with E-state index in [1.165, 1.54) is 4.52 Å². The molecule has 0 saturated carbocycles. The maximum Gasteiger partial charge on any atom is 0.276 e. The summed E-state index contributed by atoms with van der Waals surface area (Å²) < 4.78 is 7.85. The molecule has 0 spiro atoms. The number of para-hydroxylation sites is 1.